The van der Waals surface area contributed by atoms with Crippen LogP contribution in [0.5, 0.6) is 0 Å². The molecule has 1 heterocycles. The number of ether oxygens (including phenoxy) is 1. The Hall–Kier alpha value is -2.50. The van der Waals surface area contributed by atoms with Crippen molar-refractivity contribution in [1.29, 1.82) is 0 Å². The highest BCUT2D eigenvalue weighted by Gasteiger charge is 2.33. The lowest BCUT2D eigenvalue weighted by atomic mass is 10.1. The van der Waals surface area contributed by atoms with Gasteiger partial charge in [0, 0.05) is 22.8 Å². The molecule has 180 valence electrons. The maximum absolute atomic E-state index is 12.6. The Labute approximate surface area is 206 Å². The number of halogens is 1. The van der Waals surface area contributed by atoms with Crippen LogP contribution in [0.4, 0.5) is 0 Å². The Morgan fingerprint density at radius 3 is 2.24 bits per heavy atom. The van der Waals surface area contributed by atoms with Gasteiger partial charge in [0.1, 0.15) is 11.6 Å². The van der Waals surface area contributed by atoms with Crippen molar-refractivity contribution < 1.29 is 33.5 Å². The molecule has 0 radical (unpaired) electrons. The lowest BCUT2D eigenvalue weighted by Gasteiger charge is -2.24. The van der Waals surface area contributed by atoms with Crippen LogP contribution < -0.4 is 5.32 Å². The molecule has 0 aliphatic carbocycles. The minimum atomic E-state index is -1.06. The van der Waals surface area contributed by atoms with E-state index in [9.17, 15) is 24.0 Å². The molecule has 1 aromatic carbocycles. The summed E-state index contributed by atoms with van der Waals surface area (Å²) in [4.78, 5) is 65.1. The molecule has 1 aliphatic rings. The summed E-state index contributed by atoms with van der Waals surface area (Å²) in [6, 6.07) is 6.94. The number of esters is 1. The van der Waals surface area contributed by atoms with Gasteiger partial charge in [-0.05, 0) is 80.3 Å². The van der Waals surface area contributed by atoms with Crippen molar-refractivity contribution in [3.8, 4) is 0 Å². The van der Waals surface area contributed by atoms with E-state index < -0.39 is 35.4 Å². The summed E-state index contributed by atoms with van der Waals surface area (Å²) in [6.45, 7) is 5.09. The lowest BCUT2D eigenvalue weighted by Crippen LogP contribution is -2.44. The summed E-state index contributed by atoms with van der Waals surface area (Å²) in [7, 11) is 0. The first-order valence-corrected chi connectivity index (χ1v) is 11.9. The number of rotatable bonds is 10. The van der Waals surface area contributed by atoms with Crippen LogP contribution in [-0.2, 0) is 40.0 Å². The first kappa shape index (κ1) is 26.7. The second-order valence-corrected chi connectivity index (χ2v) is 9.96. The average molecular weight is 572 g/mol. The monoisotopic (exact) mass is 572 g/mol. The van der Waals surface area contributed by atoms with E-state index in [4.69, 9.17) is 9.57 Å². The zero-order valence-electron chi connectivity index (χ0n) is 19.0. The Kier molecular flexibility index (Phi) is 9.81. The van der Waals surface area contributed by atoms with Gasteiger partial charge in [0.15, 0.2) is 0 Å². The summed E-state index contributed by atoms with van der Waals surface area (Å²) in [6.07, 6.45) is 1.11. The fraction of sp³-hybridized carbons (Fsp3) is 0.522. The molecule has 9 nitrogen and oxygen atoms in total. The summed E-state index contributed by atoms with van der Waals surface area (Å²) in [5, 5.41) is 3.08. The fourth-order valence-corrected chi connectivity index (χ4v) is 3.42. The smallest absolute Gasteiger partial charge is 0.333 e. The Balaban J connectivity index is 1.89. The van der Waals surface area contributed by atoms with Crippen molar-refractivity contribution in [1.82, 2.24) is 10.4 Å². The van der Waals surface area contributed by atoms with Gasteiger partial charge < -0.3 is 14.9 Å². The third-order valence-corrected chi connectivity index (χ3v) is 5.36. The van der Waals surface area contributed by atoms with Crippen molar-refractivity contribution >= 4 is 52.3 Å². The van der Waals surface area contributed by atoms with Gasteiger partial charge in [-0.1, -0.05) is 12.1 Å². The van der Waals surface area contributed by atoms with E-state index in [0.29, 0.717) is 17.9 Å². The van der Waals surface area contributed by atoms with E-state index in [1.807, 2.05) is 24.3 Å². The zero-order chi connectivity index (χ0) is 24.6. The van der Waals surface area contributed by atoms with Crippen molar-refractivity contribution in [3.63, 3.8) is 0 Å². The van der Waals surface area contributed by atoms with Gasteiger partial charge in [-0.15, -0.1) is 5.06 Å². The number of nitrogens with one attached hydrogen (secondary N) is 1. The van der Waals surface area contributed by atoms with Crippen LogP contribution in [0.3, 0.4) is 0 Å². The zero-order valence-corrected chi connectivity index (χ0v) is 21.2. The first-order chi connectivity index (χ1) is 15.4. The summed E-state index contributed by atoms with van der Waals surface area (Å²) in [5.74, 6) is -3.03. The average Bonchev–Trinajstić information content (AvgIpc) is 3.03. The van der Waals surface area contributed by atoms with Gasteiger partial charge in [-0.2, -0.15) is 0 Å². The molecule has 1 saturated heterocycles. The largest absolute Gasteiger partial charge is 0.458 e. The molecule has 1 N–H and O–H groups in total. The molecule has 0 bridgehead atoms. The van der Waals surface area contributed by atoms with Crippen molar-refractivity contribution in [2.24, 2.45) is 0 Å². The molecule has 0 saturated carbocycles. The number of imide groups is 1. The molecule has 0 spiro atoms. The molecule has 1 atom stereocenters. The van der Waals surface area contributed by atoms with Gasteiger partial charge in [-0.25, -0.2) is 9.59 Å². The number of aryl methyl sites for hydroxylation is 1. The molecule has 33 heavy (non-hydrogen) atoms. The van der Waals surface area contributed by atoms with Gasteiger partial charge in [-0.3, -0.25) is 14.4 Å². The highest BCUT2D eigenvalue weighted by Crippen LogP contribution is 2.15. The van der Waals surface area contributed by atoms with Crippen LogP contribution in [0, 0.1) is 3.57 Å². The van der Waals surface area contributed by atoms with E-state index in [1.165, 1.54) is 0 Å². The van der Waals surface area contributed by atoms with Crippen LogP contribution in [0.15, 0.2) is 24.3 Å². The summed E-state index contributed by atoms with van der Waals surface area (Å²) < 4.78 is 6.49. The van der Waals surface area contributed by atoms with Crippen molar-refractivity contribution in [2.75, 3.05) is 0 Å². The number of carbonyl (C=O) groups excluding carboxylic acids is 5. The van der Waals surface area contributed by atoms with Crippen molar-refractivity contribution in [3.05, 3.63) is 33.4 Å². The number of benzene rings is 1. The van der Waals surface area contributed by atoms with Crippen LogP contribution in [0.25, 0.3) is 0 Å². The highest BCUT2D eigenvalue weighted by molar-refractivity contribution is 14.1. The van der Waals surface area contributed by atoms with E-state index in [-0.39, 0.29) is 38.0 Å². The molecule has 10 heteroatoms. The molecule has 0 aromatic heterocycles. The van der Waals surface area contributed by atoms with Gasteiger partial charge in [0.25, 0.3) is 11.8 Å². The van der Waals surface area contributed by atoms with Crippen LogP contribution in [0.2, 0.25) is 0 Å². The number of amides is 3. The minimum absolute atomic E-state index is 0.00901. The molecule has 1 aliphatic heterocycles. The van der Waals surface area contributed by atoms with E-state index >= 15 is 0 Å². The Morgan fingerprint density at radius 1 is 1.06 bits per heavy atom. The summed E-state index contributed by atoms with van der Waals surface area (Å²) in [5.41, 5.74) is 0.334. The lowest BCUT2D eigenvalue weighted by molar-refractivity contribution is -0.197. The van der Waals surface area contributed by atoms with Gasteiger partial charge in [0.05, 0.1) is 6.42 Å². The quantitative estimate of drug-likeness (QED) is 0.260. The molecule has 1 fully saturated rings. The second-order valence-electron chi connectivity index (χ2n) is 8.72. The number of hydrogen-bond donors (Lipinski definition) is 1. The standard InChI is InChI=1S/C23H29IN2O7/c1-23(2,3)32-22(31)17(11-14-21(30)33-26-19(28)12-13-20(26)29)25-18(27)6-4-5-15-7-9-16(24)10-8-15/h7-10,17H,4-6,11-14H2,1-3H3,(H,25,27)/t17-/m0/s1. The van der Waals surface area contributed by atoms with Gasteiger partial charge in [0.2, 0.25) is 5.91 Å². The van der Waals surface area contributed by atoms with Crippen LogP contribution >= 0.6 is 22.6 Å². The first-order valence-electron chi connectivity index (χ1n) is 10.8. The molecule has 3 amide bonds. The molecular weight excluding hydrogens is 543 g/mol. The SMILES string of the molecule is CC(C)(C)OC(=O)[C@H](CCC(=O)ON1C(=O)CCC1=O)NC(=O)CCCc1ccc(I)cc1. The topological polar surface area (TPSA) is 119 Å². The fourth-order valence-electron chi connectivity index (χ4n) is 3.06. The van der Waals surface area contributed by atoms with Crippen LogP contribution in [0.1, 0.15) is 64.9 Å². The second kappa shape index (κ2) is 12.1. The van der Waals surface area contributed by atoms with E-state index in [2.05, 4.69) is 27.9 Å². The number of nitrogens with zero attached hydrogens (tertiary/aromatic N) is 1. The molecular formula is C23H29IN2O7. The van der Waals surface area contributed by atoms with Gasteiger partial charge >= 0.3 is 11.9 Å². The normalized spacial score (nSPS) is 14.7. The van der Waals surface area contributed by atoms with Crippen molar-refractivity contribution in [2.45, 2.75) is 77.4 Å². The minimum Gasteiger partial charge on any atom is -0.458 e. The Bertz CT molecular complexity index is 877. The summed E-state index contributed by atoms with van der Waals surface area (Å²) >= 11 is 2.22. The third kappa shape index (κ3) is 9.48. The number of hydroxylamine groups is 2. The predicted molar refractivity (Wildman–Crippen MR) is 126 cm³/mol. The maximum Gasteiger partial charge on any atom is 0.333 e. The molecule has 1 aromatic rings. The van der Waals surface area contributed by atoms with E-state index in [1.54, 1.807) is 20.8 Å². The Morgan fingerprint density at radius 2 is 1.67 bits per heavy atom. The maximum atomic E-state index is 12.6. The third-order valence-electron chi connectivity index (χ3n) is 4.65. The predicted octanol–water partition coefficient (Wildman–Crippen LogP) is 2.83. The van der Waals surface area contributed by atoms with Crippen LogP contribution in [-0.4, -0.2) is 46.4 Å². The molecule has 0 unspecified atom stereocenters. The van der Waals surface area contributed by atoms with E-state index in [0.717, 1.165) is 9.13 Å². The number of carbonyl (C=O) groups is 5. The highest BCUT2D eigenvalue weighted by atomic mass is 127. The molecule has 2 rings (SSSR count). The number of hydrogen-bond acceptors (Lipinski definition) is 7.